The molecule has 0 spiro atoms. The average Bonchev–Trinajstić information content (AvgIpc) is 2.54. The standard InChI is InChI=1S/C9H19N4.CHF3O3S/c1-7(9(2,3)4)8-12(5)10-11-13(8)6;2-1(3,4)8(5,6)7/h7H,1-6H3;(H,5,6,7)/q+1;/p-1. The third-order valence-corrected chi connectivity index (χ3v) is 3.51. The van der Waals surface area contributed by atoms with Crippen molar-refractivity contribution in [2.45, 2.75) is 39.1 Å². The Labute approximate surface area is 121 Å². The molecule has 0 aliphatic heterocycles. The molecule has 0 aliphatic carbocycles. The monoisotopic (exact) mass is 332 g/mol. The second kappa shape index (κ2) is 6.26. The first-order chi connectivity index (χ1) is 9.09. The summed E-state index contributed by atoms with van der Waals surface area (Å²) in [5.41, 5.74) is -5.40. The zero-order valence-corrected chi connectivity index (χ0v) is 13.4. The zero-order chi connectivity index (χ0) is 17.2. The van der Waals surface area contributed by atoms with Crippen LogP contribution >= 0.6 is 0 Å². The zero-order valence-electron chi connectivity index (χ0n) is 12.6. The predicted molar refractivity (Wildman–Crippen MR) is 65.8 cm³/mol. The van der Waals surface area contributed by atoms with Gasteiger partial charge in [0.05, 0.1) is 20.0 Å². The predicted octanol–water partition coefficient (Wildman–Crippen LogP) is 0.841. The van der Waals surface area contributed by atoms with Crippen molar-refractivity contribution in [1.29, 1.82) is 0 Å². The first kappa shape index (κ1) is 19.8. The van der Waals surface area contributed by atoms with Crippen LogP contribution in [0.2, 0.25) is 0 Å². The van der Waals surface area contributed by atoms with E-state index in [0.29, 0.717) is 5.92 Å². The van der Waals surface area contributed by atoms with Gasteiger partial charge < -0.3 is 4.55 Å². The Morgan fingerprint density at radius 1 is 1.29 bits per heavy atom. The fourth-order valence-corrected chi connectivity index (χ4v) is 1.37. The molecule has 11 heteroatoms. The number of tetrazole rings is 1. The van der Waals surface area contributed by atoms with Crippen molar-refractivity contribution >= 4 is 10.1 Å². The van der Waals surface area contributed by atoms with E-state index in [-0.39, 0.29) is 5.41 Å². The van der Waals surface area contributed by atoms with Gasteiger partial charge in [0.25, 0.3) is 5.82 Å². The quantitative estimate of drug-likeness (QED) is 0.432. The molecule has 0 saturated carbocycles. The highest BCUT2D eigenvalue weighted by Gasteiger charge is 2.37. The molecular weight excluding hydrogens is 313 g/mol. The SMILES string of the molecule is CC(c1n(C)nn[n+]1C)C(C)(C)C.O=S(=O)([O-])C(F)(F)F. The maximum absolute atomic E-state index is 10.7. The van der Waals surface area contributed by atoms with Gasteiger partial charge in [0, 0.05) is 0 Å². The second-order valence-electron chi connectivity index (χ2n) is 5.57. The van der Waals surface area contributed by atoms with Crippen LogP contribution in [0.4, 0.5) is 13.2 Å². The van der Waals surface area contributed by atoms with Crippen LogP contribution in [0, 0.1) is 5.41 Å². The Bertz CT molecular complexity index is 556. The summed E-state index contributed by atoms with van der Waals surface area (Å²) in [6.07, 6.45) is 0. The van der Waals surface area contributed by atoms with Crippen LogP contribution in [0.25, 0.3) is 0 Å². The van der Waals surface area contributed by atoms with Crippen molar-refractivity contribution in [3.05, 3.63) is 5.82 Å². The van der Waals surface area contributed by atoms with Crippen LogP contribution in [0.1, 0.15) is 39.4 Å². The summed E-state index contributed by atoms with van der Waals surface area (Å²) >= 11 is 0. The van der Waals surface area contributed by atoms with Gasteiger partial charge in [-0.3, -0.25) is 0 Å². The third-order valence-electron chi connectivity index (χ3n) is 2.94. The van der Waals surface area contributed by atoms with Crippen molar-refractivity contribution in [2.24, 2.45) is 19.5 Å². The van der Waals surface area contributed by atoms with Crippen LogP contribution in [-0.4, -0.2) is 33.6 Å². The normalized spacial score (nSPS) is 14.4. The number of nitrogens with zero attached hydrogens (tertiary/aromatic N) is 4. The van der Waals surface area contributed by atoms with E-state index >= 15 is 0 Å². The first-order valence-corrected chi connectivity index (χ1v) is 7.28. The number of alkyl halides is 3. The molecule has 1 rings (SSSR count). The summed E-state index contributed by atoms with van der Waals surface area (Å²) < 4.78 is 62.6. The van der Waals surface area contributed by atoms with Gasteiger partial charge in [-0.1, -0.05) is 32.4 Å². The van der Waals surface area contributed by atoms with E-state index in [4.69, 9.17) is 13.0 Å². The summed E-state index contributed by atoms with van der Waals surface area (Å²) in [5, 5.41) is 7.96. The lowest BCUT2D eigenvalue weighted by atomic mass is 9.81. The maximum atomic E-state index is 10.7. The second-order valence-corrected chi connectivity index (χ2v) is 6.94. The minimum Gasteiger partial charge on any atom is -0.741 e. The van der Waals surface area contributed by atoms with Gasteiger partial charge in [0.1, 0.15) is 5.21 Å². The highest BCUT2D eigenvalue weighted by Crippen LogP contribution is 2.31. The van der Waals surface area contributed by atoms with Crippen molar-refractivity contribution in [2.75, 3.05) is 0 Å². The van der Waals surface area contributed by atoms with Crippen molar-refractivity contribution in [1.82, 2.24) is 15.1 Å². The van der Waals surface area contributed by atoms with Crippen molar-refractivity contribution in [3.63, 3.8) is 0 Å². The molecule has 0 radical (unpaired) electrons. The summed E-state index contributed by atoms with van der Waals surface area (Å²) in [5.74, 6) is 1.60. The lowest BCUT2D eigenvalue weighted by Crippen LogP contribution is -2.39. The molecule has 124 valence electrons. The largest absolute Gasteiger partial charge is 0.741 e. The van der Waals surface area contributed by atoms with Gasteiger partial charge in [-0.2, -0.15) is 13.2 Å². The molecule has 0 bridgehead atoms. The molecule has 1 aromatic heterocycles. The highest BCUT2D eigenvalue weighted by atomic mass is 32.2. The van der Waals surface area contributed by atoms with E-state index in [9.17, 15) is 13.2 Å². The van der Waals surface area contributed by atoms with Crippen LogP contribution in [0.5, 0.6) is 0 Å². The number of aromatic nitrogens is 4. The van der Waals surface area contributed by atoms with Gasteiger partial charge in [-0.25, -0.2) is 8.42 Å². The summed E-state index contributed by atoms with van der Waals surface area (Å²) in [4.78, 5) is 0. The Morgan fingerprint density at radius 2 is 1.67 bits per heavy atom. The summed E-state index contributed by atoms with van der Waals surface area (Å²) in [7, 11) is -2.22. The van der Waals surface area contributed by atoms with Crippen molar-refractivity contribution < 1.29 is 30.8 Å². The average molecular weight is 332 g/mol. The number of hydrogen-bond donors (Lipinski definition) is 0. The lowest BCUT2D eigenvalue weighted by molar-refractivity contribution is -0.740. The Balaban J connectivity index is 0.000000433. The number of aryl methyl sites for hydroxylation is 2. The molecule has 0 aliphatic rings. The van der Waals surface area contributed by atoms with Crippen LogP contribution in [0.3, 0.4) is 0 Å². The van der Waals surface area contributed by atoms with E-state index in [1.54, 1.807) is 0 Å². The van der Waals surface area contributed by atoms with Gasteiger partial charge >= 0.3 is 5.51 Å². The fourth-order valence-electron chi connectivity index (χ4n) is 1.37. The Morgan fingerprint density at radius 3 is 1.86 bits per heavy atom. The third kappa shape index (κ3) is 5.58. The lowest BCUT2D eigenvalue weighted by Gasteiger charge is -2.23. The smallest absolute Gasteiger partial charge is 0.485 e. The van der Waals surface area contributed by atoms with Gasteiger partial charge in [-0.15, -0.1) is 4.68 Å². The minimum atomic E-state index is -6.09. The molecule has 0 N–H and O–H groups in total. The van der Waals surface area contributed by atoms with Crippen LogP contribution < -0.4 is 4.68 Å². The molecule has 1 aromatic rings. The molecule has 0 amide bonds. The van der Waals surface area contributed by atoms with Crippen molar-refractivity contribution in [3.8, 4) is 0 Å². The first-order valence-electron chi connectivity index (χ1n) is 5.87. The molecule has 1 heterocycles. The number of halogens is 3. The topological polar surface area (TPSA) is 91.8 Å². The van der Waals surface area contributed by atoms with E-state index in [0.717, 1.165) is 5.82 Å². The Hall–Kier alpha value is -1.23. The fraction of sp³-hybridized carbons (Fsp3) is 0.900. The molecule has 1 atom stereocenters. The van der Waals surface area contributed by atoms with Gasteiger partial charge in [0.2, 0.25) is 0 Å². The van der Waals surface area contributed by atoms with E-state index in [1.165, 1.54) is 0 Å². The van der Waals surface area contributed by atoms with Crippen LogP contribution in [0.15, 0.2) is 0 Å². The molecule has 7 nitrogen and oxygen atoms in total. The van der Waals surface area contributed by atoms with Gasteiger partial charge in [-0.05, 0) is 5.41 Å². The molecular formula is C10H19F3N4O3S. The molecule has 0 saturated heterocycles. The van der Waals surface area contributed by atoms with E-state index < -0.39 is 15.6 Å². The number of rotatable bonds is 1. The Kier molecular flexibility index (Phi) is 5.89. The van der Waals surface area contributed by atoms with E-state index in [2.05, 4.69) is 38.1 Å². The molecule has 21 heavy (non-hydrogen) atoms. The molecule has 0 aromatic carbocycles. The molecule has 1 unspecified atom stereocenters. The van der Waals surface area contributed by atoms with E-state index in [1.807, 2.05) is 23.5 Å². The van der Waals surface area contributed by atoms with Gasteiger partial charge in [0.15, 0.2) is 15.3 Å². The summed E-state index contributed by atoms with van der Waals surface area (Å²) in [6.45, 7) is 8.89. The number of hydrogen-bond acceptors (Lipinski definition) is 5. The minimum absolute atomic E-state index is 0.243. The molecule has 0 fully saturated rings. The highest BCUT2D eigenvalue weighted by molar-refractivity contribution is 7.86. The van der Waals surface area contributed by atoms with Crippen LogP contribution in [-0.2, 0) is 24.2 Å². The summed E-state index contributed by atoms with van der Waals surface area (Å²) in [6, 6.07) is 0. The maximum Gasteiger partial charge on any atom is 0.485 e.